The van der Waals surface area contributed by atoms with Crippen LogP contribution in [0.3, 0.4) is 0 Å². The van der Waals surface area contributed by atoms with Gasteiger partial charge in [-0.1, -0.05) is 19.8 Å². The van der Waals surface area contributed by atoms with Crippen LogP contribution in [-0.2, 0) is 4.79 Å². The largest absolute Gasteiger partial charge is 0.352 e. The fourth-order valence-corrected chi connectivity index (χ4v) is 2.71. The molecule has 2 N–H and O–H groups in total. The molecular weight excluding hydrogens is 262 g/mol. The molecule has 0 radical (unpaired) electrons. The van der Waals surface area contributed by atoms with Gasteiger partial charge in [0.15, 0.2) is 0 Å². The lowest BCUT2D eigenvalue weighted by atomic mass is 9.86. The summed E-state index contributed by atoms with van der Waals surface area (Å²) in [6.45, 7) is 1.73. The predicted molar refractivity (Wildman–Crippen MR) is 68.2 cm³/mol. The molecule has 3 nitrogen and oxygen atoms in total. The molecule has 1 saturated carbocycles. The predicted octanol–water partition coefficient (Wildman–Crippen LogP) is 2.10. The molecule has 2 rings (SSSR count). The Balaban J connectivity index is 0.00000162. The van der Waals surface area contributed by atoms with Crippen molar-refractivity contribution in [2.24, 2.45) is 5.92 Å². The molecular formula is C12H21ClF2N2O. The van der Waals surface area contributed by atoms with Gasteiger partial charge in [-0.15, -0.1) is 12.4 Å². The lowest BCUT2D eigenvalue weighted by molar-refractivity contribution is -0.124. The lowest BCUT2D eigenvalue weighted by Gasteiger charge is -2.30. The molecule has 0 aromatic carbocycles. The summed E-state index contributed by atoms with van der Waals surface area (Å²) in [4.78, 5) is 11.8. The monoisotopic (exact) mass is 282 g/mol. The van der Waals surface area contributed by atoms with Gasteiger partial charge in [-0.25, -0.2) is 8.78 Å². The van der Waals surface area contributed by atoms with Crippen molar-refractivity contribution in [3.05, 3.63) is 0 Å². The summed E-state index contributed by atoms with van der Waals surface area (Å²) < 4.78 is 25.9. The molecule has 0 spiro atoms. The van der Waals surface area contributed by atoms with Crippen LogP contribution in [0.1, 0.15) is 39.0 Å². The van der Waals surface area contributed by atoms with E-state index in [2.05, 4.69) is 17.6 Å². The zero-order valence-electron chi connectivity index (χ0n) is 10.5. The molecule has 1 saturated heterocycles. The van der Waals surface area contributed by atoms with Crippen molar-refractivity contribution in [3.63, 3.8) is 0 Å². The Morgan fingerprint density at radius 2 is 2.00 bits per heavy atom. The van der Waals surface area contributed by atoms with Crippen molar-refractivity contribution in [3.8, 4) is 0 Å². The molecule has 0 bridgehead atoms. The van der Waals surface area contributed by atoms with Gasteiger partial charge < -0.3 is 5.32 Å². The first-order valence-electron chi connectivity index (χ1n) is 6.39. The average Bonchev–Trinajstić information content (AvgIpc) is 2.62. The van der Waals surface area contributed by atoms with Gasteiger partial charge in [-0.3, -0.25) is 10.1 Å². The molecule has 3 unspecified atom stereocenters. The highest BCUT2D eigenvalue weighted by atomic mass is 35.5. The molecule has 0 aromatic heterocycles. The summed E-state index contributed by atoms with van der Waals surface area (Å²) in [5.74, 6) is -2.55. The Bertz CT molecular complexity index is 302. The molecule has 1 aliphatic heterocycles. The number of hydrogen-bond acceptors (Lipinski definition) is 2. The molecule has 0 aromatic rings. The number of halogens is 3. The normalized spacial score (nSPS) is 34.7. The van der Waals surface area contributed by atoms with Gasteiger partial charge in [-0.2, -0.15) is 0 Å². The Morgan fingerprint density at radius 3 is 2.56 bits per heavy atom. The first-order valence-corrected chi connectivity index (χ1v) is 6.39. The van der Waals surface area contributed by atoms with Crippen LogP contribution in [0.25, 0.3) is 0 Å². The van der Waals surface area contributed by atoms with Crippen LogP contribution in [-0.4, -0.2) is 30.5 Å². The van der Waals surface area contributed by atoms with Gasteiger partial charge in [0.25, 0.3) is 5.92 Å². The van der Waals surface area contributed by atoms with Crippen LogP contribution < -0.4 is 10.6 Å². The first-order chi connectivity index (χ1) is 7.98. The topological polar surface area (TPSA) is 41.1 Å². The molecule has 3 atom stereocenters. The van der Waals surface area contributed by atoms with Gasteiger partial charge in [-0.05, 0) is 18.8 Å². The van der Waals surface area contributed by atoms with Crippen LogP contribution in [0.5, 0.6) is 0 Å². The third kappa shape index (κ3) is 3.79. The summed E-state index contributed by atoms with van der Waals surface area (Å²) in [5.41, 5.74) is 0. The Morgan fingerprint density at radius 1 is 1.33 bits per heavy atom. The average molecular weight is 283 g/mol. The van der Waals surface area contributed by atoms with Crippen molar-refractivity contribution < 1.29 is 13.6 Å². The highest BCUT2D eigenvalue weighted by Gasteiger charge is 2.42. The number of carbonyl (C=O) groups excluding carboxylic acids is 1. The van der Waals surface area contributed by atoms with Crippen molar-refractivity contribution in [2.45, 2.75) is 57.0 Å². The standard InChI is InChI=1S/C12H20F2N2O.ClH/c1-8-4-2-3-5-9(8)16-11(17)10-6-12(13,14)7-15-10;/h8-10,15H,2-7H2,1H3,(H,16,17);1H. The van der Waals surface area contributed by atoms with E-state index in [0.29, 0.717) is 5.92 Å². The van der Waals surface area contributed by atoms with Crippen LogP contribution in [0, 0.1) is 5.92 Å². The van der Waals surface area contributed by atoms with E-state index in [4.69, 9.17) is 0 Å². The second-order valence-electron chi connectivity index (χ2n) is 5.37. The molecule has 106 valence electrons. The molecule has 2 fully saturated rings. The van der Waals surface area contributed by atoms with Gasteiger partial charge in [0.2, 0.25) is 5.91 Å². The number of carbonyl (C=O) groups is 1. The smallest absolute Gasteiger partial charge is 0.262 e. The van der Waals surface area contributed by atoms with Crippen molar-refractivity contribution >= 4 is 18.3 Å². The quantitative estimate of drug-likeness (QED) is 0.814. The van der Waals surface area contributed by atoms with Crippen molar-refractivity contribution in [1.29, 1.82) is 0 Å². The van der Waals surface area contributed by atoms with Crippen molar-refractivity contribution in [1.82, 2.24) is 10.6 Å². The Hall–Kier alpha value is -0.420. The minimum atomic E-state index is -2.74. The van der Waals surface area contributed by atoms with E-state index in [-0.39, 0.29) is 37.3 Å². The van der Waals surface area contributed by atoms with Gasteiger partial charge in [0.05, 0.1) is 12.6 Å². The van der Waals surface area contributed by atoms with Crippen LogP contribution in [0.4, 0.5) is 8.78 Å². The van der Waals surface area contributed by atoms with Gasteiger partial charge >= 0.3 is 0 Å². The highest BCUT2D eigenvalue weighted by Crippen LogP contribution is 2.27. The van der Waals surface area contributed by atoms with E-state index in [1.54, 1.807) is 0 Å². The summed E-state index contributed by atoms with van der Waals surface area (Å²) >= 11 is 0. The number of hydrogen-bond donors (Lipinski definition) is 2. The maximum atomic E-state index is 13.0. The van der Waals surface area contributed by atoms with Crippen molar-refractivity contribution in [2.75, 3.05) is 6.54 Å². The summed E-state index contributed by atoms with van der Waals surface area (Å²) in [5, 5.41) is 5.50. The van der Waals surface area contributed by atoms with Gasteiger partial charge in [0.1, 0.15) is 0 Å². The SMILES string of the molecule is CC1CCCCC1NC(=O)C1CC(F)(F)CN1.Cl. The number of amides is 1. The molecule has 6 heteroatoms. The van der Waals surface area contributed by atoms with E-state index in [0.717, 1.165) is 19.3 Å². The molecule has 2 aliphatic rings. The number of alkyl halides is 2. The maximum Gasteiger partial charge on any atom is 0.262 e. The first kappa shape index (κ1) is 15.6. The van der Waals surface area contributed by atoms with E-state index in [9.17, 15) is 13.6 Å². The minimum absolute atomic E-state index is 0. The maximum absolute atomic E-state index is 13.0. The van der Waals surface area contributed by atoms with E-state index >= 15 is 0 Å². The Kier molecular flexibility index (Phi) is 5.34. The zero-order chi connectivity index (χ0) is 12.5. The number of nitrogens with one attached hydrogen (secondary N) is 2. The lowest BCUT2D eigenvalue weighted by Crippen LogP contribution is -2.48. The second-order valence-corrected chi connectivity index (χ2v) is 5.37. The van der Waals surface area contributed by atoms with Gasteiger partial charge in [0, 0.05) is 12.5 Å². The van der Waals surface area contributed by atoms with Crippen LogP contribution in [0.2, 0.25) is 0 Å². The second kappa shape index (κ2) is 6.15. The molecule has 1 amide bonds. The molecule has 1 aliphatic carbocycles. The third-order valence-corrected chi connectivity index (χ3v) is 3.87. The van der Waals surface area contributed by atoms with Crippen LogP contribution in [0.15, 0.2) is 0 Å². The highest BCUT2D eigenvalue weighted by molar-refractivity contribution is 5.85. The van der Waals surface area contributed by atoms with E-state index in [1.807, 2.05) is 0 Å². The fraction of sp³-hybridized carbons (Fsp3) is 0.917. The zero-order valence-corrected chi connectivity index (χ0v) is 11.4. The summed E-state index contributed by atoms with van der Waals surface area (Å²) in [7, 11) is 0. The Labute approximate surface area is 112 Å². The summed E-state index contributed by atoms with van der Waals surface area (Å²) in [6, 6.07) is -0.564. The number of rotatable bonds is 2. The van der Waals surface area contributed by atoms with Crippen LogP contribution >= 0.6 is 12.4 Å². The summed E-state index contributed by atoms with van der Waals surface area (Å²) in [6.07, 6.45) is 4.02. The third-order valence-electron chi connectivity index (χ3n) is 3.87. The minimum Gasteiger partial charge on any atom is -0.352 e. The molecule has 18 heavy (non-hydrogen) atoms. The van der Waals surface area contributed by atoms with E-state index in [1.165, 1.54) is 6.42 Å². The van der Waals surface area contributed by atoms with E-state index < -0.39 is 12.0 Å². The molecule has 1 heterocycles. The fourth-order valence-electron chi connectivity index (χ4n) is 2.71.